The van der Waals surface area contributed by atoms with Crippen LogP contribution in [0.5, 0.6) is 0 Å². The minimum absolute atomic E-state index is 0.0815. The van der Waals surface area contributed by atoms with Gasteiger partial charge in [0, 0.05) is 19.0 Å². The lowest BCUT2D eigenvalue weighted by Crippen LogP contribution is -2.41. The number of imide groups is 1. The molecular formula is C23H28N2O3S. The zero-order valence-electron chi connectivity index (χ0n) is 17.0. The second kappa shape index (κ2) is 8.34. The van der Waals surface area contributed by atoms with Crippen molar-refractivity contribution in [3.63, 3.8) is 0 Å². The standard InChI is InChI=1S/C23H28N2O3S/c1-14-4-3-5-16(10-14)13-20-22(27)25(23(28)29-20)9-8-21(26)24-15(2)19-12-17-6-7-18(19)11-17/h3-5,10,13,15,17-19H,6-9,11-12H2,1-2H3,(H,24,26)/b20-13+. The normalized spacial score (nSPS) is 28.4. The number of hydrogen-bond acceptors (Lipinski definition) is 4. The summed E-state index contributed by atoms with van der Waals surface area (Å²) in [6.07, 6.45) is 7.07. The Kier molecular flexibility index (Phi) is 5.81. The number of rotatable bonds is 6. The topological polar surface area (TPSA) is 66.5 Å². The van der Waals surface area contributed by atoms with Gasteiger partial charge in [-0.05, 0) is 74.3 Å². The van der Waals surface area contributed by atoms with Crippen LogP contribution in [0.25, 0.3) is 6.08 Å². The first-order valence-corrected chi connectivity index (χ1v) is 11.3. The second-order valence-electron chi connectivity index (χ2n) is 8.69. The van der Waals surface area contributed by atoms with E-state index in [1.165, 1.54) is 30.6 Å². The van der Waals surface area contributed by atoms with Crippen molar-refractivity contribution in [1.29, 1.82) is 0 Å². The van der Waals surface area contributed by atoms with Crippen LogP contribution in [0.1, 0.15) is 50.2 Å². The first kappa shape index (κ1) is 20.2. The number of amides is 3. The summed E-state index contributed by atoms with van der Waals surface area (Å²) in [6.45, 7) is 4.21. The van der Waals surface area contributed by atoms with Crippen LogP contribution in [0.4, 0.5) is 4.79 Å². The fourth-order valence-electron chi connectivity index (χ4n) is 5.16. The van der Waals surface area contributed by atoms with Crippen LogP contribution >= 0.6 is 11.8 Å². The maximum atomic E-state index is 12.6. The fourth-order valence-corrected chi connectivity index (χ4v) is 6.02. The lowest BCUT2D eigenvalue weighted by Gasteiger charge is -2.28. The largest absolute Gasteiger partial charge is 0.353 e. The van der Waals surface area contributed by atoms with Crippen LogP contribution in [-0.4, -0.2) is 34.5 Å². The van der Waals surface area contributed by atoms with Crippen molar-refractivity contribution in [3.8, 4) is 0 Å². The molecule has 1 N–H and O–H groups in total. The van der Waals surface area contributed by atoms with Gasteiger partial charge < -0.3 is 5.32 Å². The molecular weight excluding hydrogens is 384 g/mol. The lowest BCUT2D eigenvalue weighted by molar-refractivity contribution is -0.124. The number of nitrogens with zero attached hydrogens (tertiary/aromatic N) is 1. The maximum absolute atomic E-state index is 12.6. The summed E-state index contributed by atoms with van der Waals surface area (Å²) >= 11 is 0.943. The number of carbonyl (C=O) groups excluding carboxylic acids is 3. The van der Waals surface area contributed by atoms with Gasteiger partial charge in [0.1, 0.15) is 0 Å². The Morgan fingerprint density at radius 3 is 2.83 bits per heavy atom. The van der Waals surface area contributed by atoms with E-state index >= 15 is 0 Å². The molecule has 3 fully saturated rings. The average molecular weight is 413 g/mol. The highest BCUT2D eigenvalue weighted by Crippen LogP contribution is 2.49. The summed E-state index contributed by atoms with van der Waals surface area (Å²) < 4.78 is 0. The average Bonchev–Trinajstić information content (AvgIpc) is 3.36. The highest BCUT2D eigenvalue weighted by atomic mass is 32.2. The molecule has 3 amide bonds. The molecule has 1 aromatic carbocycles. The van der Waals surface area contributed by atoms with Crippen LogP contribution in [0, 0.1) is 24.7 Å². The molecule has 2 aliphatic carbocycles. The number of thioether (sulfide) groups is 1. The third kappa shape index (κ3) is 4.42. The highest BCUT2D eigenvalue weighted by Gasteiger charge is 2.42. The Labute approximate surface area is 176 Å². The van der Waals surface area contributed by atoms with Crippen molar-refractivity contribution in [3.05, 3.63) is 40.3 Å². The summed E-state index contributed by atoms with van der Waals surface area (Å²) in [4.78, 5) is 38.9. The number of aryl methyl sites for hydroxylation is 1. The van der Waals surface area contributed by atoms with Crippen LogP contribution in [0.2, 0.25) is 0 Å². The maximum Gasteiger partial charge on any atom is 0.293 e. The molecule has 3 aliphatic rings. The molecule has 0 radical (unpaired) electrons. The molecule has 2 bridgehead atoms. The Balaban J connectivity index is 1.30. The third-order valence-corrected chi connectivity index (χ3v) is 7.51. The van der Waals surface area contributed by atoms with E-state index in [4.69, 9.17) is 0 Å². The minimum atomic E-state index is -0.310. The zero-order valence-corrected chi connectivity index (χ0v) is 17.8. The Morgan fingerprint density at radius 1 is 1.31 bits per heavy atom. The molecule has 0 aromatic heterocycles. The molecule has 0 spiro atoms. The SMILES string of the molecule is Cc1cccc(/C=C2/SC(=O)N(CCC(=O)NC(C)C3CC4CCC3C4)C2=O)c1. The Bertz CT molecular complexity index is 865. The fraction of sp³-hybridized carbons (Fsp3) is 0.522. The predicted octanol–water partition coefficient (Wildman–Crippen LogP) is 4.36. The van der Waals surface area contributed by atoms with Crippen molar-refractivity contribution in [1.82, 2.24) is 10.2 Å². The minimum Gasteiger partial charge on any atom is -0.353 e. The first-order valence-electron chi connectivity index (χ1n) is 10.5. The van der Waals surface area contributed by atoms with Gasteiger partial charge in [-0.15, -0.1) is 0 Å². The highest BCUT2D eigenvalue weighted by molar-refractivity contribution is 8.18. The summed E-state index contributed by atoms with van der Waals surface area (Å²) in [5, 5.41) is 2.81. The van der Waals surface area contributed by atoms with Gasteiger partial charge in [0.05, 0.1) is 4.91 Å². The van der Waals surface area contributed by atoms with Gasteiger partial charge >= 0.3 is 0 Å². The molecule has 4 atom stereocenters. The van der Waals surface area contributed by atoms with Crippen LogP contribution in [0.15, 0.2) is 29.2 Å². The number of benzene rings is 1. The number of nitrogens with one attached hydrogen (secondary N) is 1. The predicted molar refractivity (Wildman–Crippen MR) is 115 cm³/mol. The lowest BCUT2D eigenvalue weighted by atomic mass is 9.84. The molecule has 4 rings (SSSR count). The van der Waals surface area contributed by atoms with E-state index in [0.717, 1.165) is 34.7 Å². The molecule has 5 nitrogen and oxygen atoms in total. The quantitative estimate of drug-likeness (QED) is 0.705. The van der Waals surface area contributed by atoms with Gasteiger partial charge in [-0.2, -0.15) is 0 Å². The van der Waals surface area contributed by atoms with Gasteiger partial charge in [0.15, 0.2) is 0 Å². The number of hydrogen-bond donors (Lipinski definition) is 1. The summed E-state index contributed by atoms with van der Waals surface area (Å²) in [5.74, 6) is 1.78. The second-order valence-corrected chi connectivity index (χ2v) is 9.69. The molecule has 154 valence electrons. The Hall–Kier alpha value is -2.08. The smallest absolute Gasteiger partial charge is 0.293 e. The molecule has 2 saturated carbocycles. The van der Waals surface area contributed by atoms with Gasteiger partial charge in [0.2, 0.25) is 5.91 Å². The monoisotopic (exact) mass is 412 g/mol. The van der Waals surface area contributed by atoms with Crippen molar-refractivity contribution in [2.24, 2.45) is 17.8 Å². The van der Waals surface area contributed by atoms with Gasteiger partial charge in [-0.3, -0.25) is 19.3 Å². The van der Waals surface area contributed by atoms with Crippen molar-refractivity contribution in [2.75, 3.05) is 6.54 Å². The van der Waals surface area contributed by atoms with Crippen molar-refractivity contribution >= 4 is 34.9 Å². The zero-order chi connectivity index (χ0) is 20.5. The summed E-state index contributed by atoms with van der Waals surface area (Å²) in [5.41, 5.74) is 1.99. The molecule has 4 unspecified atom stereocenters. The van der Waals surface area contributed by atoms with E-state index < -0.39 is 0 Å². The van der Waals surface area contributed by atoms with Crippen molar-refractivity contribution < 1.29 is 14.4 Å². The van der Waals surface area contributed by atoms with E-state index in [1.54, 1.807) is 6.08 Å². The van der Waals surface area contributed by atoms with Crippen LogP contribution < -0.4 is 5.32 Å². The third-order valence-electron chi connectivity index (χ3n) is 6.60. The van der Waals surface area contributed by atoms with Crippen molar-refractivity contribution in [2.45, 2.75) is 52.0 Å². The van der Waals surface area contributed by atoms with E-state index in [1.807, 2.05) is 31.2 Å². The number of fused-ring (bicyclic) bond motifs is 2. The van der Waals surface area contributed by atoms with E-state index in [0.29, 0.717) is 10.8 Å². The van der Waals surface area contributed by atoms with Gasteiger partial charge in [0.25, 0.3) is 11.1 Å². The first-order chi connectivity index (χ1) is 13.9. The number of carbonyl (C=O) groups is 3. The summed E-state index contributed by atoms with van der Waals surface area (Å²) in [6, 6.07) is 7.95. The van der Waals surface area contributed by atoms with E-state index in [2.05, 4.69) is 12.2 Å². The van der Waals surface area contributed by atoms with E-state index in [9.17, 15) is 14.4 Å². The molecule has 1 aliphatic heterocycles. The van der Waals surface area contributed by atoms with Gasteiger partial charge in [-0.25, -0.2) is 0 Å². The Morgan fingerprint density at radius 2 is 2.14 bits per heavy atom. The van der Waals surface area contributed by atoms with Crippen LogP contribution in [0.3, 0.4) is 0 Å². The van der Waals surface area contributed by atoms with Crippen LogP contribution in [-0.2, 0) is 9.59 Å². The summed E-state index contributed by atoms with van der Waals surface area (Å²) in [7, 11) is 0. The molecule has 1 saturated heterocycles. The molecule has 29 heavy (non-hydrogen) atoms. The molecule has 1 aromatic rings. The molecule has 1 heterocycles. The van der Waals surface area contributed by atoms with E-state index in [-0.39, 0.29) is 36.1 Å². The molecule has 6 heteroatoms. The van der Waals surface area contributed by atoms with Gasteiger partial charge in [-0.1, -0.05) is 36.2 Å².